The highest BCUT2D eigenvalue weighted by Gasteiger charge is 2.38. The molecule has 1 unspecified atom stereocenters. The number of hydrogen-bond donors (Lipinski definition) is 3. The van der Waals surface area contributed by atoms with Gasteiger partial charge in [-0.2, -0.15) is 13.2 Å². The van der Waals surface area contributed by atoms with E-state index in [1.54, 1.807) is 18.3 Å². The average molecular weight is 475 g/mol. The van der Waals surface area contributed by atoms with Crippen LogP contribution < -0.4 is 10.1 Å². The van der Waals surface area contributed by atoms with E-state index in [1.807, 2.05) is 36.8 Å². The van der Waals surface area contributed by atoms with Crippen molar-refractivity contribution in [2.24, 2.45) is 5.92 Å². The van der Waals surface area contributed by atoms with Crippen LogP contribution in [0, 0.1) is 5.92 Å². The van der Waals surface area contributed by atoms with Crippen molar-refractivity contribution in [3.8, 4) is 33.8 Å². The van der Waals surface area contributed by atoms with Gasteiger partial charge in [-0.05, 0) is 49.2 Å². The molecule has 7 nitrogen and oxygen atoms in total. The van der Waals surface area contributed by atoms with E-state index in [-0.39, 0.29) is 5.75 Å². The largest absolute Gasteiger partial charge is 0.508 e. The number of carboxylic acids is 1. The van der Waals surface area contributed by atoms with Gasteiger partial charge >= 0.3 is 12.1 Å². The molecule has 2 aromatic heterocycles. The summed E-state index contributed by atoms with van der Waals surface area (Å²) in [5.41, 5.74) is 3.96. The second-order valence-electron chi connectivity index (χ2n) is 7.74. The predicted octanol–water partition coefficient (Wildman–Crippen LogP) is 4.53. The predicted molar refractivity (Wildman–Crippen MR) is 119 cm³/mol. The van der Waals surface area contributed by atoms with Crippen LogP contribution in [0.25, 0.3) is 22.3 Å². The molecule has 0 saturated carbocycles. The Morgan fingerprint density at radius 3 is 2.18 bits per heavy atom. The monoisotopic (exact) mass is 475 g/mol. The van der Waals surface area contributed by atoms with E-state index >= 15 is 0 Å². The minimum absolute atomic E-state index is 0.255. The molecule has 180 valence electrons. The van der Waals surface area contributed by atoms with Crippen LogP contribution in [0.1, 0.15) is 12.8 Å². The van der Waals surface area contributed by atoms with Gasteiger partial charge < -0.3 is 20.3 Å². The van der Waals surface area contributed by atoms with Crippen LogP contribution in [0.5, 0.6) is 11.5 Å². The van der Waals surface area contributed by atoms with E-state index in [9.17, 15) is 18.3 Å². The van der Waals surface area contributed by atoms with Crippen LogP contribution >= 0.6 is 0 Å². The van der Waals surface area contributed by atoms with Gasteiger partial charge in [-0.25, -0.2) is 4.79 Å². The summed E-state index contributed by atoms with van der Waals surface area (Å²) in [6.07, 6.45) is 4.57. The first-order valence-corrected chi connectivity index (χ1v) is 10.6. The standard InChI is InChI=1S/C22H23N3O2.C2HF3O2/c26-21-5-3-17(4-6-21)18-8-19(12-24-11-18)20-9-22(14-25-13-20)27-15-16-2-1-7-23-10-16;3-2(4,5)1(6)7/h3-6,8-9,11-14,16,23,26H,1-2,7,10,15H2;(H,6,7). The molecule has 0 aliphatic carbocycles. The summed E-state index contributed by atoms with van der Waals surface area (Å²) < 4.78 is 37.7. The number of pyridine rings is 2. The summed E-state index contributed by atoms with van der Waals surface area (Å²) >= 11 is 0. The summed E-state index contributed by atoms with van der Waals surface area (Å²) in [6.45, 7) is 2.84. The van der Waals surface area contributed by atoms with Crippen molar-refractivity contribution < 1.29 is 32.9 Å². The minimum atomic E-state index is -5.08. The van der Waals surface area contributed by atoms with Gasteiger partial charge in [-0.3, -0.25) is 9.97 Å². The van der Waals surface area contributed by atoms with Gasteiger partial charge in [0.05, 0.1) is 12.8 Å². The molecule has 1 fully saturated rings. The van der Waals surface area contributed by atoms with Crippen molar-refractivity contribution >= 4 is 5.97 Å². The second-order valence-corrected chi connectivity index (χ2v) is 7.74. The number of benzene rings is 1. The van der Waals surface area contributed by atoms with Gasteiger partial charge in [0, 0.05) is 47.7 Å². The molecule has 0 amide bonds. The molecule has 0 spiro atoms. The van der Waals surface area contributed by atoms with Crippen molar-refractivity contribution in [3.63, 3.8) is 0 Å². The van der Waals surface area contributed by atoms with Crippen LogP contribution in [-0.4, -0.2) is 52.0 Å². The van der Waals surface area contributed by atoms with Crippen molar-refractivity contribution in [2.45, 2.75) is 19.0 Å². The lowest BCUT2D eigenvalue weighted by Crippen LogP contribution is -2.33. The van der Waals surface area contributed by atoms with Gasteiger partial charge in [0.15, 0.2) is 0 Å². The first-order valence-electron chi connectivity index (χ1n) is 10.6. The van der Waals surface area contributed by atoms with Crippen molar-refractivity contribution in [3.05, 3.63) is 61.2 Å². The van der Waals surface area contributed by atoms with Gasteiger partial charge in [-0.1, -0.05) is 12.1 Å². The molecule has 3 aromatic rings. The number of hydrogen-bond acceptors (Lipinski definition) is 6. The first kappa shape index (κ1) is 25.0. The number of aromatic nitrogens is 2. The molecule has 4 rings (SSSR count). The third-order valence-electron chi connectivity index (χ3n) is 5.11. The number of carbonyl (C=O) groups is 1. The maximum Gasteiger partial charge on any atom is 0.490 e. The smallest absolute Gasteiger partial charge is 0.490 e. The maximum atomic E-state index is 10.6. The topological polar surface area (TPSA) is 105 Å². The number of phenolic OH excluding ortho intramolecular Hbond substituents is 1. The number of piperidine rings is 1. The summed E-state index contributed by atoms with van der Waals surface area (Å²) in [7, 11) is 0. The highest BCUT2D eigenvalue weighted by atomic mass is 19.4. The van der Waals surface area contributed by atoms with Gasteiger partial charge in [0.1, 0.15) is 11.5 Å². The lowest BCUT2D eigenvalue weighted by molar-refractivity contribution is -0.192. The van der Waals surface area contributed by atoms with E-state index in [1.165, 1.54) is 12.8 Å². The zero-order valence-corrected chi connectivity index (χ0v) is 18.1. The van der Waals surface area contributed by atoms with Crippen LogP contribution in [-0.2, 0) is 4.79 Å². The summed E-state index contributed by atoms with van der Waals surface area (Å²) in [5.74, 6) is -1.16. The van der Waals surface area contributed by atoms with Crippen LogP contribution in [0.15, 0.2) is 61.2 Å². The Kier molecular flexibility index (Phi) is 8.42. The highest BCUT2D eigenvalue weighted by molar-refractivity contribution is 5.73. The zero-order chi connectivity index (χ0) is 24.6. The fourth-order valence-corrected chi connectivity index (χ4v) is 3.35. The number of aliphatic carboxylic acids is 1. The number of nitrogens with zero attached hydrogens (tertiary/aromatic N) is 2. The molecule has 1 saturated heterocycles. The molecule has 0 bridgehead atoms. The van der Waals surface area contributed by atoms with E-state index < -0.39 is 12.1 Å². The molecule has 10 heteroatoms. The van der Waals surface area contributed by atoms with Gasteiger partial charge in [0.25, 0.3) is 0 Å². The zero-order valence-electron chi connectivity index (χ0n) is 18.1. The summed E-state index contributed by atoms with van der Waals surface area (Å²) in [6, 6.07) is 11.2. The fraction of sp³-hybridized carbons (Fsp3) is 0.292. The van der Waals surface area contributed by atoms with E-state index in [2.05, 4.69) is 21.4 Å². The number of alkyl halides is 3. The number of carboxylic acid groups (broad SMARTS) is 1. The normalized spacial score (nSPS) is 15.7. The van der Waals surface area contributed by atoms with Crippen molar-refractivity contribution in [1.82, 2.24) is 15.3 Å². The molecule has 1 aromatic carbocycles. The second kappa shape index (κ2) is 11.5. The van der Waals surface area contributed by atoms with Crippen molar-refractivity contribution in [1.29, 1.82) is 0 Å². The summed E-state index contributed by atoms with van der Waals surface area (Å²) in [4.78, 5) is 17.6. The van der Waals surface area contributed by atoms with Crippen LogP contribution in [0.3, 0.4) is 0 Å². The van der Waals surface area contributed by atoms with E-state index in [0.717, 1.165) is 41.1 Å². The number of rotatable bonds is 5. The molecule has 3 N–H and O–H groups in total. The van der Waals surface area contributed by atoms with E-state index in [0.29, 0.717) is 12.5 Å². The van der Waals surface area contributed by atoms with Crippen LogP contribution in [0.2, 0.25) is 0 Å². The van der Waals surface area contributed by atoms with Crippen LogP contribution in [0.4, 0.5) is 13.2 Å². The van der Waals surface area contributed by atoms with Gasteiger partial charge in [0.2, 0.25) is 0 Å². The lowest BCUT2D eigenvalue weighted by Gasteiger charge is -2.22. The number of ether oxygens (including phenoxy) is 1. The highest BCUT2D eigenvalue weighted by Crippen LogP contribution is 2.28. The third kappa shape index (κ3) is 7.45. The SMILES string of the molecule is O=C(O)C(F)(F)F.Oc1ccc(-c2cncc(-c3cncc(OCC4CCCNC4)c3)c2)cc1. The Hall–Kier alpha value is -3.66. The molecule has 1 atom stereocenters. The Labute approximate surface area is 194 Å². The molecule has 0 radical (unpaired) electrons. The minimum Gasteiger partial charge on any atom is -0.508 e. The number of halogens is 3. The quantitative estimate of drug-likeness (QED) is 0.498. The van der Waals surface area contributed by atoms with Gasteiger partial charge in [-0.15, -0.1) is 0 Å². The molecule has 1 aliphatic heterocycles. The fourth-order valence-electron chi connectivity index (χ4n) is 3.35. The Morgan fingerprint density at radius 1 is 1.00 bits per heavy atom. The average Bonchev–Trinajstić information content (AvgIpc) is 2.84. The van der Waals surface area contributed by atoms with Crippen molar-refractivity contribution in [2.75, 3.05) is 19.7 Å². The maximum absolute atomic E-state index is 10.6. The number of nitrogens with one attached hydrogen (secondary N) is 1. The number of phenols is 1. The molecular formula is C24H24F3N3O4. The Balaban J connectivity index is 0.000000406. The first-order chi connectivity index (χ1) is 16.2. The Morgan fingerprint density at radius 2 is 1.59 bits per heavy atom. The molecule has 34 heavy (non-hydrogen) atoms. The molecule has 1 aliphatic rings. The number of aromatic hydroxyl groups is 1. The van der Waals surface area contributed by atoms with E-state index in [4.69, 9.17) is 14.6 Å². The Bertz CT molecular complexity index is 1090. The third-order valence-corrected chi connectivity index (χ3v) is 5.11. The molecular weight excluding hydrogens is 451 g/mol. The molecule has 3 heterocycles. The lowest BCUT2D eigenvalue weighted by atomic mass is 10.0. The summed E-state index contributed by atoms with van der Waals surface area (Å²) in [5, 5.41) is 20.0.